The van der Waals surface area contributed by atoms with E-state index in [1.807, 2.05) is 61.5 Å². The maximum atomic E-state index is 5.96. The smallest absolute Gasteiger partial charge is 0.146 e. The van der Waals surface area contributed by atoms with Crippen molar-refractivity contribution in [1.82, 2.24) is 4.98 Å². The summed E-state index contributed by atoms with van der Waals surface area (Å²) < 4.78 is 5.94. The fourth-order valence-electron chi connectivity index (χ4n) is 2.18. The first kappa shape index (κ1) is 12.6. The van der Waals surface area contributed by atoms with Crippen LogP contribution < -0.4 is 10.5 Å². The second-order valence-corrected chi connectivity index (χ2v) is 4.79. The molecule has 1 aromatic heterocycles. The zero-order valence-electron chi connectivity index (χ0n) is 11.3. The van der Waals surface area contributed by atoms with E-state index in [1.165, 1.54) is 0 Å². The van der Waals surface area contributed by atoms with Crippen molar-refractivity contribution in [2.45, 2.75) is 13.0 Å². The van der Waals surface area contributed by atoms with E-state index in [-0.39, 0.29) is 6.04 Å². The summed E-state index contributed by atoms with van der Waals surface area (Å²) in [6, 6.07) is 17.7. The van der Waals surface area contributed by atoms with Crippen LogP contribution in [-0.4, -0.2) is 4.98 Å². The highest BCUT2D eigenvalue weighted by molar-refractivity contribution is 5.79. The van der Waals surface area contributed by atoms with Gasteiger partial charge in [0.15, 0.2) is 0 Å². The van der Waals surface area contributed by atoms with Gasteiger partial charge in [-0.2, -0.15) is 0 Å². The summed E-state index contributed by atoms with van der Waals surface area (Å²) in [5.74, 6) is 1.50. The van der Waals surface area contributed by atoms with E-state index in [4.69, 9.17) is 10.5 Å². The van der Waals surface area contributed by atoms with Gasteiger partial charge < -0.3 is 10.5 Å². The second-order valence-electron chi connectivity index (χ2n) is 4.79. The standard InChI is InChI=1S/C17H16N2O/c1-12(18)15-7-3-5-9-17(15)20-14-10-13-6-2-4-8-16(13)19-11-14/h2-12H,18H2,1H3/t12-/m1/s1. The molecule has 2 N–H and O–H groups in total. The molecule has 2 aromatic carbocycles. The van der Waals surface area contributed by atoms with Gasteiger partial charge in [-0.3, -0.25) is 4.98 Å². The summed E-state index contributed by atoms with van der Waals surface area (Å²) in [6.07, 6.45) is 1.74. The number of hydrogen-bond donors (Lipinski definition) is 1. The molecule has 0 aliphatic rings. The van der Waals surface area contributed by atoms with Crippen LogP contribution in [0.1, 0.15) is 18.5 Å². The van der Waals surface area contributed by atoms with E-state index in [2.05, 4.69) is 4.98 Å². The molecule has 0 unspecified atom stereocenters. The molecule has 1 heterocycles. The summed E-state index contributed by atoms with van der Waals surface area (Å²) in [7, 11) is 0. The van der Waals surface area contributed by atoms with Crippen LogP contribution >= 0.6 is 0 Å². The van der Waals surface area contributed by atoms with Crippen LogP contribution in [0.15, 0.2) is 60.8 Å². The van der Waals surface area contributed by atoms with Gasteiger partial charge in [0.05, 0.1) is 11.7 Å². The molecule has 3 nitrogen and oxygen atoms in total. The maximum absolute atomic E-state index is 5.96. The fraction of sp³-hybridized carbons (Fsp3) is 0.118. The number of pyridine rings is 1. The Bertz CT molecular complexity index is 738. The Kier molecular flexibility index (Phi) is 3.35. The van der Waals surface area contributed by atoms with Crippen molar-refractivity contribution in [2.75, 3.05) is 0 Å². The normalized spacial score (nSPS) is 12.3. The number of ether oxygens (including phenoxy) is 1. The van der Waals surface area contributed by atoms with Crippen LogP contribution in [0.4, 0.5) is 0 Å². The Labute approximate surface area is 118 Å². The van der Waals surface area contributed by atoms with Gasteiger partial charge in [-0.05, 0) is 25.1 Å². The molecular formula is C17H16N2O. The Morgan fingerprint density at radius 2 is 1.80 bits per heavy atom. The first-order valence-electron chi connectivity index (χ1n) is 6.61. The monoisotopic (exact) mass is 264 g/mol. The molecule has 3 rings (SSSR count). The van der Waals surface area contributed by atoms with Gasteiger partial charge in [-0.25, -0.2) is 0 Å². The molecule has 1 atom stereocenters. The van der Waals surface area contributed by atoms with Gasteiger partial charge in [-0.1, -0.05) is 36.4 Å². The minimum absolute atomic E-state index is 0.0698. The Balaban J connectivity index is 1.97. The number of rotatable bonds is 3. The molecule has 0 saturated heterocycles. The van der Waals surface area contributed by atoms with Crippen molar-refractivity contribution in [3.63, 3.8) is 0 Å². The van der Waals surface area contributed by atoms with Crippen molar-refractivity contribution in [3.05, 3.63) is 66.4 Å². The topological polar surface area (TPSA) is 48.1 Å². The van der Waals surface area contributed by atoms with Gasteiger partial charge in [0.25, 0.3) is 0 Å². The fourth-order valence-corrected chi connectivity index (χ4v) is 2.18. The average molecular weight is 264 g/mol. The summed E-state index contributed by atoms with van der Waals surface area (Å²) in [5, 5.41) is 1.06. The largest absolute Gasteiger partial charge is 0.455 e. The molecule has 0 spiro atoms. The van der Waals surface area contributed by atoms with Crippen LogP contribution in [0, 0.1) is 0 Å². The van der Waals surface area contributed by atoms with Crippen LogP contribution in [0.25, 0.3) is 10.9 Å². The Hall–Kier alpha value is -2.39. The van der Waals surface area contributed by atoms with Crippen molar-refractivity contribution in [1.29, 1.82) is 0 Å². The number of fused-ring (bicyclic) bond motifs is 1. The molecule has 3 heteroatoms. The molecule has 3 aromatic rings. The molecule has 0 fully saturated rings. The predicted molar refractivity (Wildman–Crippen MR) is 80.9 cm³/mol. The average Bonchev–Trinajstić information content (AvgIpc) is 2.47. The highest BCUT2D eigenvalue weighted by atomic mass is 16.5. The molecule has 0 saturated carbocycles. The number of nitrogens with two attached hydrogens (primary N) is 1. The molecule has 100 valence electrons. The molecule has 0 amide bonds. The summed E-state index contributed by atoms with van der Waals surface area (Å²) in [6.45, 7) is 1.95. The zero-order valence-corrected chi connectivity index (χ0v) is 11.3. The van der Waals surface area contributed by atoms with E-state index in [0.717, 1.165) is 28.0 Å². The molecule has 0 aliphatic carbocycles. The Morgan fingerprint density at radius 3 is 2.65 bits per heavy atom. The highest BCUT2D eigenvalue weighted by Gasteiger charge is 2.08. The van der Waals surface area contributed by atoms with Crippen molar-refractivity contribution in [3.8, 4) is 11.5 Å². The summed E-state index contributed by atoms with van der Waals surface area (Å²) >= 11 is 0. The van der Waals surface area contributed by atoms with Gasteiger partial charge in [-0.15, -0.1) is 0 Å². The molecule has 0 bridgehead atoms. The lowest BCUT2D eigenvalue weighted by Gasteiger charge is -2.13. The number of nitrogens with zero attached hydrogens (tertiary/aromatic N) is 1. The van der Waals surface area contributed by atoms with Crippen LogP contribution in [0.3, 0.4) is 0 Å². The van der Waals surface area contributed by atoms with Gasteiger partial charge in [0, 0.05) is 17.0 Å². The minimum Gasteiger partial charge on any atom is -0.455 e. The second kappa shape index (κ2) is 5.31. The zero-order chi connectivity index (χ0) is 13.9. The van der Waals surface area contributed by atoms with E-state index >= 15 is 0 Å². The number of para-hydroxylation sites is 2. The van der Waals surface area contributed by atoms with E-state index < -0.39 is 0 Å². The van der Waals surface area contributed by atoms with Crippen molar-refractivity contribution in [2.24, 2.45) is 5.73 Å². The van der Waals surface area contributed by atoms with Gasteiger partial charge >= 0.3 is 0 Å². The first-order valence-corrected chi connectivity index (χ1v) is 6.61. The quantitative estimate of drug-likeness (QED) is 0.776. The lowest BCUT2D eigenvalue weighted by molar-refractivity contribution is 0.471. The summed E-state index contributed by atoms with van der Waals surface area (Å²) in [5.41, 5.74) is 7.91. The van der Waals surface area contributed by atoms with Gasteiger partial charge in [0.1, 0.15) is 11.5 Å². The first-order chi connectivity index (χ1) is 9.74. The summed E-state index contributed by atoms with van der Waals surface area (Å²) in [4.78, 5) is 4.40. The van der Waals surface area contributed by atoms with Crippen LogP contribution in [0.5, 0.6) is 11.5 Å². The third-order valence-electron chi connectivity index (χ3n) is 3.20. The molecule has 20 heavy (non-hydrogen) atoms. The van der Waals surface area contributed by atoms with Crippen LogP contribution in [-0.2, 0) is 0 Å². The third kappa shape index (κ3) is 2.49. The SMILES string of the molecule is C[C@@H](N)c1ccccc1Oc1cnc2ccccc2c1. The maximum Gasteiger partial charge on any atom is 0.146 e. The number of hydrogen-bond acceptors (Lipinski definition) is 3. The number of benzene rings is 2. The third-order valence-corrected chi connectivity index (χ3v) is 3.20. The van der Waals surface area contributed by atoms with Crippen molar-refractivity contribution < 1.29 is 4.74 Å². The van der Waals surface area contributed by atoms with E-state index in [9.17, 15) is 0 Å². The minimum atomic E-state index is -0.0698. The lowest BCUT2D eigenvalue weighted by atomic mass is 10.1. The predicted octanol–water partition coefficient (Wildman–Crippen LogP) is 4.05. The number of aromatic nitrogens is 1. The van der Waals surface area contributed by atoms with E-state index in [0.29, 0.717) is 0 Å². The Morgan fingerprint density at radius 1 is 1.05 bits per heavy atom. The van der Waals surface area contributed by atoms with Crippen LogP contribution in [0.2, 0.25) is 0 Å². The van der Waals surface area contributed by atoms with Gasteiger partial charge in [0.2, 0.25) is 0 Å². The van der Waals surface area contributed by atoms with E-state index in [1.54, 1.807) is 6.20 Å². The molecule has 0 radical (unpaired) electrons. The lowest BCUT2D eigenvalue weighted by Crippen LogP contribution is -2.06. The van der Waals surface area contributed by atoms with Crippen molar-refractivity contribution >= 4 is 10.9 Å². The molecular weight excluding hydrogens is 248 g/mol. The molecule has 0 aliphatic heterocycles. The highest BCUT2D eigenvalue weighted by Crippen LogP contribution is 2.29.